The van der Waals surface area contributed by atoms with E-state index >= 15 is 0 Å². The molecule has 1 aromatic heterocycles. The summed E-state index contributed by atoms with van der Waals surface area (Å²) in [6.07, 6.45) is 3.13. The Hall–Kier alpha value is -3.87. The molecule has 0 saturated carbocycles. The minimum absolute atomic E-state index is 0.0319. The number of aromatic nitrogens is 2. The number of nitrogens with zero attached hydrogens (tertiary/aromatic N) is 2. The smallest absolute Gasteiger partial charge is 0.335 e. The Morgan fingerprint density at radius 2 is 1.96 bits per heavy atom. The number of H-pyrrole nitrogens is 1. The lowest BCUT2D eigenvalue weighted by molar-refractivity contribution is 0.412. The third-order valence-electron chi connectivity index (χ3n) is 4.29. The van der Waals surface area contributed by atoms with E-state index in [4.69, 9.17) is 4.74 Å². The van der Waals surface area contributed by atoms with Crippen LogP contribution in [0.1, 0.15) is 11.1 Å². The number of aliphatic imine (C=N–C) groups is 1. The van der Waals surface area contributed by atoms with Gasteiger partial charge in [0.15, 0.2) is 0 Å². The zero-order valence-electron chi connectivity index (χ0n) is 14.3. The second kappa shape index (κ2) is 6.45. The van der Waals surface area contributed by atoms with Gasteiger partial charge < -0.3 is 9.84 Å². The van der Waals surface area contributed by atoms with E-state index in [9.17, 15) is 14.7 Å². The molecule has 134 valence electrons. The molecule has 2 aromatic carbocycles. The first-order valence-electron chi connectivity index (χ1n) is 8.16. The molecule has 0 atom stereocenters. The molecular weight excluding hydrogens is 346 g/mol. The minimum atomic E-state index is -0.742. The molecule has 0 unspecified atom stereocenters. The van der Waals surface area contributed by atoms with Crippen LogP contribution in [-0.2, 0) is 0 Å². The molecular formula is C20H15N3O4. The Morgan fingerprint density at radius 1 is 1.15 bits per heavy atom. The highest BCUT2D eigenvalue weighted by Crippen LogP contribution is 2.32. The number of fused-ring (bicyclic) bond motifs is 1. The van der Waals surface area contributed by atoms with Crippen LogP contribution in [0.2, 0.25) is 0 Å². The van der Waals surface area contributed by atoms with Crippen LogP contribution in [-0.4, -0.2) is 28.0 Å². The van der Waals surface area contributed by atoms with Gasteiger partial charge in [0.25, 0.3) is 5.56 Å². The van der Waals surface area contributed by atoms with Gasteiger partial charge in [0, 0.05) is 23.4 Å². The highest BCUT2D eigenvalue weighted by atomic mass is 16.5. The highest BCUT2D eigenvalue weighted by molar-refractivity contribution is 6.21. The number of hydrogen-bond donors (Lipinski definition) is 2. The highest BCUT2D eigenvalue weighted by Gasteiger charge is 2.17. The number of aromatic hydroxyl groups is 1. The van der Waals surface area contributed by atoms with Gasteiger partial charge >= 0.3 is 5.69 Å². The topological polar surface area (TPSA) is 96.7 Å². The van der Waals surface area contributed by atoms with Crippen molar-refractivity contribution in [3.63, 3.8) is 0 Å². The van der Waals surface area contributed by atoms with Gasteiger partial charge in [-0.3, -0.25) is 14.8 Å². The maximum Gasteiger partial charge on any atom is 0.335 e. The van der Waals surface area contributed by atoms with E-state index in [2.05, 4.69) is 9.98 Å². The van der Waals surface area contributed by atoms with Gasteiger partial charge in [0.2, 0.25) is 5.88 Å². The van der Waals surface area contributed by atoms with Gasteiger partial charge in [0.05, 0.1) is 18.5 Å². The van der Waals surface area contributed by atoms with Gasteiger partial charge in [0.1, 0.15) is 11.3 Å². The summed E-state index contributed by atoms with van der Waals surface area (Å²) in [7, 11) is 1.50. The molecule has 0 radical (unpaired) electrons. The maximum atomic E-state index is 12.3. The lowest BCUT2D eigenvalue weighted by Crippen LogP contribution is -2.30. The molecule has 0 fully saturated rings. The summed E-state index contributed by atoms with van der Waals surface area (Å²) in [5, 5.41) is 10.7. The molecule has 27 heavy (non-hydrogen) atoms. The van der Waals surface area contributed by atoms with Gasteiger partial charge in [-0.1, -0.05) is 24.3 Å². The van der Waals surface area contributed by atoms with Crippen LogP contribution in [0.3, 0.4) is 0 Å². The summed E-state index contributed by atoms with van der Waals surface area (Å²) < 4.78 is 6.18. The number of allylic oxidation sites excluding steroid dienone is 1. The number of aromatic amines is 1. The maximum absolute atomic E-state index is 12.3. The van der Waals surface area contributed by atoms with Crippen LogP contribution < -0.4 is 16.0 Å². The molecule has 2 heterocycles. The Kier molecular flexibility index (Phi) is 3.97. The summed E-state index contributed by atoms with van der Waals surface area (Å²) in [6.45, 7) is 0. The summed E-state index contributed by atoms with van der Waals surface area (Å²) in [4.78, 5) is 31.2. The molecule has 0 bridgehead atoms. The summed E-state index contributed by atoms with van der Waals surface area (Å²) in [5.41, 5.74) is 1.21. The van der Waals surface area contributed by atoms with Gasteiger partial charge in [-0.2, -0.15) is 0 Å². The normalized spacial score (nSPS) is 13.7. The molecule has 0 aliphatic carbocycles. The van der Waals surface area contributed by atoms with E-state index < -0.39 is 17.1 Å². The zero-order chi connectivity index (χ0) is 19.0. The van der Waals surface area contributed by atoms with Crippen LogP contribution in [0.25, 0.3) is 17.3 Å². The Balaban J connectivity index is 1.91. The van der Waals surface area contributed by atoms with Gasteiger partial charge in [-0.15, -0.1) is 0 Å². The fourth-order valence-corrected chi connectivity index (χ4v) is 2.97. The van der Waals surface area contributed by atoms with Crippen molar-refractivity contribution in [2.45, 2.75) is 0 Å². The van der Waals surface area contributed by atoms with Crippen LogP contribution in [0.5, 0.6) is 11.6 Å². The third-order valence-corrected chi connectivity index (χ3v) is 4.29. The number of rotatable bonds is 3. The summed E-state index contributed by atoms with van der Waals surface area (Å²) in [5.74, 6) is 0.0593. The van der Waals surface area contributed by atoms with Crippen LogP contribution in [0.15, 0.2) is 63.1 Å². The fraction of sp³-hybridized carbons (Fsp3) is 0.0500. The second-order valence-electron chi connectivity index (χ2n) is 5.91. The van der Waals surface area contributed by atoms with Gasteiger partial charge in [-0.25, -0.2) is 9.36 Å². The molecule has 1 aliphatic rings. The van der Waals surface area contributed by atoms with E-state index in [-0.39, 0.29) is 5.56 Å². The van der Waals surface area contributed by atoms with Crippen molar-refractivity contribution < 1.29 is 9.84 Å². The SMILES string of the molecule is COc1cccc(-n2c(O)c(/C=C3\C=Nc4ccccc43)c(=O)[nH]c2=O)c1. The third kappa shape index (κ3) is 2.85. The van der Waals surface area contributed by atoms with E-state index in [0.29, 0.717) is 17.0 Å². The van der Waals surface area contributed by atoms with Crippen molar-refractivity contribution in [2.75, 3.05) is 7.11 Å². The van der Waals surface area contributed by atoms with Crippen molar-refractivity contribution in [2.24, 2.45) is 4.99 Å². The van der Waals surface area contributed by atoms with Crippen molar-refractivity contribution in [1.29, 1.82) is 0 Å². The number of benzene rings is 2. The van der Waals surface area contributed by atoms with Crippen molar-refractivity contribution in [3.8, 4) is 17.3 Å². The molecule has 2 N–H and O–H groups in total. The largest absolute Gasteiger partial charge is 0.497 e. The molecule has 1 aliphatic heterocycles. The van der Waals surface area contributed by atoms with Crippen LogP contribution in [0.4, 0.5) is 5.69 Å². The quantitative estimate of drug-likeness (QED) is 0.749. The average molecular weight is 361 g/mol. The Bertz CT molecular complexity index is 1220. The van der Waals surface area contributed by atoms with Crippen LogP contribution >= 0.6 is 0 Å². The van der Waals surface area contributed by atoms with Crippen LogP contribution in [0, 0.1) is 0 Å². The molecule has 7 nitrogen and oxygen atoms in total. The Labute approximate surface area is 153 Å². The molecule has 3 aromatic rings. The number of methoxy groups -OCH3 is 1. The molecule has 0 spiro atoms. The predicted octanol–water partition coefficient (Wildman–Crippen LogP) is 2.50. The minimum Gasteiger partial charge on any atom is -0.497 e. The fourth-order valence-electron chi connectivity index (χ4n) is 2.97. The number of nitrogens with one attached hydrogen (secondary N) is 1. The predicted molar refractivity (Wildman–Crippen MR) is 103 cm³/mol. The lowest BCUT2D eigenvalue weighted by Gasteiger charge is -2.11. The first-order chi connectivity index (χ1) is 13.1. The molecule has 7 heteroatoms. The first kappa shape index (κ1) is 16.6. The summed E-state index contributed by atoms with van der Waals surface area (Å²) in [6, 6.07) is 14.1. The van der Waals surface area contributed by atoms with Gasteiger partial charge in [-0.05, 0) is 24.3 Å². The number of hydrogen-bond acceptors (Lipinski definition) is 5. The van der Waals surface area contributed by atoms with E-state index in [1.54, 1.807) is 30.5 Å². The van der Waals surface area contributed by atoms with Crippen molar-refractivity contribution in [1.82, 2.24) is 9.55 Å². The molecule has 0 amide bonds. The van der Waals surface area contributed by atoms with Crippen molar-refractivity contribution in [3.05, 3.63) is 80.5 Å². The average Bonchev–Trinajstić information content (AvgIpc) is 3.08. The first-order valence-corrected chi connectivity index (χ1v) is 8.16. The van der Waals surface area contributed by atoms with E-state index in [1.807, 2.05) is 24.3 Å². The monoisotopic (exact) mass is 361 g/mol. The van der Waals surface area contributed by atoms with Crippen molar-refractivity contribution >= 4 is 23.6 Å². The van der Waals surface area contributed by atoms with E-state index in [1.165, 1.54) is 13.2 Å². The number of para-hydroxylation sites is 1. The molecule has 0 saturated heterocycles. The Morgan fingerprint density at radius 3 is 2.78 bits per heavy atom. The standard InChI is InChI=1S/C20H15N3O4/c1-27-14-6-4-5-13(10-14)23-19(25)16(18(24)22-20(23)26)9-12-11-21-17-8-3-2-7-15(12)17/h2-11,25H,1H3,(H,22,24,26)/b12-9+. The number of ether oxygens (including phenoxy) is 1. The lowest BCUT2D eigenvalue weighted by atomic mass is 10.1. The van der Waals surface area contributed by atoms with E-state index in [0.717, 1.165) is 15.8 Å². The second-order valence-corrected chi connectivity index (χ2v) is 5.91. The molecule has 4 rings (SSSR count). The summed E-state index contributed by atoms with van der Waals surface area (Å²) >= 11 is 0. The zero-order valence-corrected chi connectivity index (χ0v) is 14.3.